The molecule has 0 saturated carbocycles. The van der Waals surface area contributed by atoms with Gasteiger partial charge in [-0.05, 0) is 42.2 Å². The topological polar surface area (TPSA) is 101 Å². The number of hydrogen-bond donors (Lipinski definition) is 3. The van der Waals surface area contributed by atoms with E-state index in [1.807, 2.05) is 13.8 Å². The van der Waals surface area contributed by atoms with Crippen LogP contribution in [-0.4, -0.2) is 22.0 Å². The first kappa shape index (κ1) is 22.5. The molecule has 0 saturated heterocycles. The summed E-state index contributed by atoms with van der Waals surface area (Å²) in [4.78, 5) is 25.0. The Morgan fingerprint density at radius 3 is 2.58 bits per heavy atom. The maximum Gasteiger partial charge on any atom is 0.255 e. The molecule has 3 rings (SSSR count). The molecule has 0 bridgehead atoms. The third-order valence-electron chi connectivity index (χ3n) is 4.77. The Balaban J connectivity index is 2.03. The van der Waals surface area contributed by atoms with Crippen LogP contribution in [-0.2, 0) is 11.2 Å². The monoisotopic (exact) mass is 442 g/mol. The van der Waals surface area contributed by atoms with Gasteiger partial charge in [0.15, 0.2) is 0 Å². The van der Waals surface area contributed by atoms with Gasteiger partial charge in [0.05, 0.1) is 18.0 Å². The third-order valence-corrected chi connectivity index (χ3v) is 5.01. The van der Waals surface area contributed by atoms with Crippen LogP contribution in [0.25, 0.3) is 11.3 Å². The van der Waals surface area contributed by atoms with E-state index >= 15 is 0 Å². The van der Waals surface area contributed by atoms with Crippen molar-refractivity contribution in [3.8, 4) is 11.3 Å². The standard InChI is InChI=1S/C23H24ClFN4O2/c1-13(2)10-19-21(22(29-28-19)16-8-3-4-9-17(16)25)23(31)27-18(12-20(26)30)14-6-5-7-15(24)11-14/h3-9,11,13,18H,10,12H2,1-2H3,(H2,26,30)(H,27,31)(H,28,29). The number of nitrogens with two attached hydrogens (primary N) is 1. The third kappa shape index (κ3) is 5.49. The number of benzene rings is 2. The first-order chi connectivity index (χ1) is 14.8. The van der Waals surface area contributed by atoms with E-state index in [-0.39, 0.29) is 29.2 Å². The van der Waals surface area contributed by atoms with Gasteiger partial charge in [0.1, 0.15) is 11.5 Å². The second kappa shape index (κ2) is 9.75. The highest BCUT2D eigenvalue weighted by atomic mass is 35.5. The summed E-state index contributed by atoms with van der Waals surface area (Å²) in [5.74, 6) is -1.31. The molecule has 1 atom stereocenters. The number of aromatic nitrogens is 2. The molecular formula is C23H24ClFN4O2. The molecule has 1 aromatic heterocycles. The van der Waals surface area contributed by atoms with Gasteiger partial charge in [0.25, 0.3) is 5.91 Å². The maximum absolute atomic E-state index is 14.5. The molecule has 0 radical (unpaired) electrons. The van der Waals surface area contributed by atoms with Gasteiger partial charge < -0.3 is 11.1 Å². The fourth-order valence-electron chi connectivity index (χ4n) is 3.43. The van der Waals surface area contributed by atoms with Gasteiger partial charge in [-0.1, -0.05) is 49.7 Å². The Hall–Kier alpha value is -3.19. The molecule has 2 aromatic carbocycles. The normalized spacial score (nSPS) is 12.0. The Morgan fingerprint density at radius 2 is 1.94 bits per heavy atom. The molecule has 6 nitrogen and oxygen atoms in total. The smallest absolute Gasteiger partial charge is 0.255 e. The van der Waals surface area contributed by atoms with Crippen molar-refractivity contribution in [2.75, 3.05) is 0 Å². The van der Waals surface area contributed by atoms with Crippen molar-refractivity contribution in [2.24, 2.45) is 11.7 Å². The number of carbonyl (C=O) groups is 2. The zero-order valence-electron chi connectivity index (χ0n) is 17.3. The van der Waals surface area contributed by atoms with Crippen LogP contribution >= 0.6 is 11.6 Å². The fraction of sp³-hybridized carbons (Fsp3) is 0.261. The molecule has 0 fully saturated rings. The number of hydrogen-bond acceptors (Lipinski definition) is 3. The highest BCUT2D eigenvalue weighted by Crippen LogP contribution is 2.29. The zero-order chi connectivity index (χ0) is 22.5. The minimum absolute atomic E-state index is 0.113. The van der Waals surface area contributed by atoms with Crippen LogP contribution in [0.4, 0.5) is 4.39 Å². The summed E-state index contributed by atoms with van der Waals surface area (Å²) in [6, 6.07) is 12.3. The highest BCUT2D eigenvalue weighted by Gasteiger charge is 2.26. The van der Waals surface area contributed by atoms with Crippen molar-refractivity contribution in [3.05, 3.63) is 76.2 Å². The second-order valence-corrected chi connectivity index (χ2v) is 8.19. The van der Waals surface area contributed by atoms with Crippen LogP contribution in [0, 0.1) is 11.7 Å². The van der Waals surface area contributed by atoms with E-state index < -0.39 is 23.7 Å². The molecule has 0 aliphatic rings. The molecule has 162 valence electrons. The maximum atomic E-state index is 14.5. The SMILES string of the molecule is CC(C)Cc1[nH]nc(-c2ccccc2F)c1C(=O)NC(CC(N)=O)c1cccc(Cl)c1. The van der Waals surface area contributed by atoms with E-state index in [0.717, 1.165) is 0 Å². The molecule has 1 heterocycles. The number of nitrogens with zero attached hydrogens (tertiary/aromatic N) is 1. The van der Waals surface area contributed by atoms with Gasteiger partial charge in [0.2, 0.25) is 5.91 Å². The molecule has 8 heteroatoms. The molecule has 0 aliphatic heterocycles. The van der Waals surface area contributed by atoms with Gasteiger partial charge in [-0.2, -0.15) is 5.10 Å². The number of nitrogens with one attached hydrogen (secondary N) is 2. The van der Waals surface area contributed by atoms with Crippen molar-refractivity contribution >= 4 is 23.4 Å². The molecule has 1 unspecified atom stereocenters. The Kier molecular flexibility index (Phi) is 7.07. The van der Waals surface area contributed by atoms with Gasteiger partial charge in [-0.3, -0.25) is 14.7 Å². The predicted molar refractivity (Wildman–Crippen MR) is 118 cm³/mol. The Bertz CT molecular complexity index is 1100. The first-order valence-electron chi connectivity index (χ1n) is 9.93. The van der Waals surface area contributed by atoms with Crippen molar-refractivity contribution in [3.63, 3.8) is 0 Å². The van der Waals surface area contributed by atoms with Crippen LogP contribution in [0.3, 0.4) is 0 Å². The van der Waals surface area contributed by atoms with Crippen molar-refractivity contribution < 1.29 is 14.0 Å². The quantitative estimate of drug-likeness (QED) is 0.481. The van der Waals surface area contributed by atoms with Gasteiger partial charge in [-0.25, -0.2) is 4.39 Å². The molecule has 4 N–H and O–H groups in total. The lowest BCUT2D eigenvalue weighted by Crippen LogP contribution is -2.32. The first-order valence-corrected chi connectivity index (χ1v) is 10.3. The lowest BCUT2D eigenvalue weighted by molar-refractivity contribution is -0.118. The van der Waals surface area contributed by atoms with Crippen LogP contribution in [0.5, 0.6) is 0 Å². The zero-order valence-corrected chi connectivity index (χ0v) is 18.0. The van der Waals surface area contributed by atoms with Crippen molar-refractivity contribution in [2.45, 2.75) is 32.7 Å². The van der Waals surface area contributed by atoms with Gasteiger partial charge in [-0.15, -0.1) is 0 Å². The number of rotatable bonds is 8. The second-order valence-electron chi connectivity index (χ2n) is 7.76. The summed E-state index contributed by atoms with van der Waals surface area (Å²) < 4.78 is 14.5. The predicted octanol–water partition coefficient (Wildman–Crippen LogP) is 4.41. The van der Waals surface area contributed by atoms with Gasteiger partial charge >= 0.3 is 0 Å². The summed E-state index contributed by atoms with van der Waals surface area (Å²) in [5, 5.41) is 10.4. The Morgan fingerprint density at radius 1 is 1.19 bits per heavy atom. The number of amides is 2. The summed E-state index contributed by atoms with van der Waals surface area (Å²) >= 11 is 6.08. The van der Waals surface area contributed by atoms with E-state index in [0.29, 0.717) is 22.7 Å². The average molecular weight is 443 g/mol. The number of carbonyl (C=O) groups excluding carboxylic acids is 2. The van der Waals surface area contributed by atoms with Crippen LogP contribution in [0.1, 0.15) is 47.9 Å². The summed E-state index contributed by atoms with van der Waals surface area (Å²) in [6.07, 6.45) is 0.431. The van der Waals surface area contributed by atoms with E-state index in [2.05, 4.69) is 15.5 Å². The highest BCUT2D eigenvalue weighted by molar-refractivity contribution is 6.30. The lowest BCUT2D eigenvalue weighted by atomic mass is 9.98. The van der Waals surface area contributed by atoms with E-state index in [9.17, 15) is 14.0 Å². The largest absolute Gasteiger partial charge is 0.370 e. The molecule has 0 spiro atoms. The minimum atomic E-state index is -0.695. The average Bonchev–Trinajstić information content (AvgIpc) is 3.10. The summed E-state index contributed by atoms with van der Waals surface area (Å²) in [7, 11) is 0. The van der Waals surface area contributed by atoms with E-state index in [1.165, 1.54) is 6.07 Å². The molecular weight excluding hydrogens is 419 g/mol. The molecule has 3 aromatic rings. The molecule has 0 aliphatic carbocycles. The fourth-order valence-corrected chi connectivity index (χ4v) is 3.63. The number of primary amides is 1. The number of halogens is 2. The lowest BCUT2D eigenvalue weighted by Gasteiger charge is -2.19. The van der Waals surface area contributed by atoms with Crippen LogP contribution < -0.4 is 11.1 Å². The van der Waals surface area contributed by atoms with Crippen LogP contribution in [0.15, 0.2) is 48.5 Å². The number of H-pyrrole nitrogens is 1. The van der Waals surface area contributed by atoms with Crippen molar-refractivity contribution in [1.82, 2.24) is 15.5 Å². The van der Waals surface area contributed by atoms with E-state index in [4.69, 9.17) is 17.3 Å². The molecule has 31 heavy (non-hydrogen) atoms. The van der Waals surface area contributed by atoms with Gasteiger partial charge in [0, 0.05) is 16.3 Å². The van der Waals surface area contributed by atoms with Crippen molar-refractivity contribution in [1.29, 1.82) is 0 Å². The summed E-state index contributed by atoms with van der Waals surface area (Å²) in [5.41, 5.74) is 7.32. The summed E-state index contributed by atoms with van der Waals surface area (Å²) in [6.45, 7) is 4.01. The van der Waals surface area contributed by atoms with E-state index in [1.54, 1.807) is 42.5 Å². The number of aromatic amines is 1. The van der Waals surface area contributed by atoms with Crippen LogP contribution in [0.2, 0.25) is 5.02 Å². The minimum Gasteiger partial charge on any atom is -0.370 e. The Labute approximate surface area is 185 Å². The molecule has 2 amide bonds.